The summed E-state index contributed by atoms with van der Waals surface area (Å²) in [6.45, 7) is 3.01. The Labute approximate surface area is 189 Å². The minimum Gasteiger partial charge on any atom is -0.506 e. The maximum Gasteiger partial charge on any atom is 0.260 e. The van der Waals surface area contributed by atoms with Gasteiger partial charge >= 0.3 is 0 Å². The van der Waals surface area contributed by atoms with Crippen LogP contribution in [0.4, 0.5) is 10.1 Å². The van der Waals surface area contributed by atoms with Crippen molar-refractivity contribution < 1.29 is 19.0 Å². The van der Waals surface area contributed by atoms with Gasteiger partial charge in [0.05, 0.1) is 31.4 Å². The van der Waals surface area contributed by atoms with E-state index in [1.807, 2.05) is 24.3 Å². The highest BCUT2D eigenvalue weighted by molar-refractivity contribution is 5.94. The molecule has 33 heavy (non-hydrogen) atoms. The number of hydrogen-bond donors (Lipinski definition) is 2. The lowest BCUT2D eigenvalue weighted by molar-refractivity contribution is 0.122. The van der Waals surface area contributed by atoms with E-state index in [0.717, 1.165) is 18.8 Å². The average Bonchev–Trinajstić information content (AvgIpc) is 2.84. The molecule has 5 rings (SSSR count). The molecule has 7 heteroatoms. The Hall–Kier alpha value is -3.84. The van der Waals surface area contributed by atoms with E-state index in [1.165, 1.54) is 13.2 Å². The van der Waals surface area contributed by atoms with Crippen LogP contribution in [0, 0.1) is 5.82 Å². The molecule has 0 atom stereocenters. The van der Waals surface area contributed by atoms with Crippen LogP contribution < -0.4 is 15.2 Å². The van der Waals surface area contributed by atoms with E-state index in [0.29, 0.717) is 41.0 Å². The minimum atomic E-state index is -0.504. The number of rotatable bonds is 4. The van der Waals surface area contributed by atoms with E-state index in [4.69, 9.17) is 9.47 Å². The van der Waals surface area contributed by atoms with E-state index < -0.39 is 11.4 Å². The monoisotopic (exact) mass is 446 g/mol. The Morgan fingerprint density at radius 2 is 1.79 bits per heavy atom. The van der Waals surface area contributed by atoms with Crippen molar-refractivity contribution in [3.8, 4) is 33.8 Å². The highest BCUT2D eigenvalue weighted by Crippen LogP contribution is 2.37. The Bertz CT molecular complexity index is 1380. The minimum absolute atomic E-state index is 0.113. The molecule has 4 aromatic rings. The highest BCUT2D eigenvalue weighted by atomic mass is 19.1. The standard InChI is InChI=1S/C26H23FN2O4/c1-32-19-4-2-3-17(13-19)24-25(30)21-14-20(22(27)15-23(21)28-26(24)31)16-5-7-18(8-6-16)29-9-11-33-12-10-29/h2-8,13-15H,9-12H2,1H3,(H2,28,30,31). The van der Waals surface area contributed by atoms with E-state index in [1.54, 1.807) is 30.3 Å². The maximum atomic E-state index is 15.0. The van der Waals surface area contributed by atoms with Crippen molar-refractivity contribution in [3.63, 3.8) is 0 Å². The topological polar surface area (TPSA) is 74.8 Å². The first-order chi connectivity index (χ1) is 16.0. The fourth-order valence-corrected chi connectivity index (χ4v) is 4.24. The van der Waals surface area contributed by atoms with Crippen LogP contribution in [0.5, 0.6) is 11.5 Å². The first-order valence-corrected chi connectivity index (χ1v) is 10.7. The van der Waals surface area contributed by atoms with Gasteiger partial charge in [-0.05, 0) is 47.5 Å². The number of aromatic hydroxyl groups is 1. The van der Waals surface area contributed by atoms with Crippen LogP contribution in [0.25, 0.3) is 33.2 Å². The summed E-state index contributed by atoms with van der Waals surface area (Å²) in [7, 11) is 1.53. The molecule has 6 nitrogen and oxygen atoms in total. The van der Waals surface area contributed by atoms with Gasteiger partial charge in [-0.1, -0.05) is 24.3 Å². The number of aromatic amines is 1. The third kappa shape index (κ3) is 3.91. The molecule has 1 fully saturated rings. The summed E-state index contributed by atoms with van der Waals surface area (Å²) >= 11 is 0. The number of ether oxygens (including phenoxy) is 2. The molecule has 1 aromatic heterocycles. The van der Waals surface area contributed by atoms with Crippen molar-refractivity contribution in [3.05, 3.63) is 76.8 Å². The molecular formula is C26H23FN2O4. The fraction of sp³-hybridized carbons (Fsp3) is 0.192. The lowest BCUT2D eigenvalue weighted by atomic mass is 9.98. The van der Waals surface area contributed by atoms with Gasteiger partial charge in [-0.15, -0.1) is 0 Å². The number of fused-ring (bicyclic) bond motifs is 1. The van der Waals surface area contributed by atoms with Crippen molar-refractivity contribution in [1.82, 2.24) is 4.98 Å². The van der Waals surface area contributed by atoms with Crippen molar-refractivity contribution >= 4 is 16.6 Å². The van der Waals surface area contributed by atoms with Crippen LogP contribution in [0.2, 0.25) is 0 Å². The second-order valence-electron chi connectivity index (χ2n) is 7.93. The van der Waals surface area contributed by atoms with Crippen molar-refractivity contribution in [2.45, 2.75) is 0 Å². The molecule has 0 unspecified atom stereocenters. The van der Waals surface area contributed by atoms with Gasteiger partial charge in [-0.2, -0.15) is 0 Å². The predicted molar refractivity (Wildman–Crippen MR) is 127 cm³/mol. The van der Waals surface area contributed by atoms with Crippen molar-refractivity contribution in [2.24, 2.45) is 0 Å². The van der Waals surface area contributed by atoms with Crippen LogP contribution in [0.3, 0.4) is 0 Å². The maximum absolute atomic E-state index is 15.0. The Morgan fingerprint density at radius 1 is 1.03 bits per heavy atom. The highest BCUT2D eigenvalue weighted by Gasteiger charge is 2.18. The number of nitrogens with one attached hydrogen (secondary N) is 1. The zero-order valence-electron chi connectivity index (χ0n) is 18.1. The van der Waals surface area contributed by atoms with Gasteiger partial charge in [0.15, 0.2) is 0 Å². The zero-order valence-corrected chi connectivity index (χ0v) is 18.1. The first kappa shape index (κ1) is 21.0. The Balaban J connectivity index is 1.59. The summed E-state index contributed by atoms with van der Waals surface area (Å²) in [4.78, 5) is 17.6. The van der Waals surface area contributed by atoms with Crippen molar-refractivity contribution in [1.29, 1.82) is 0 Å². The summed E-state index contributed by atoms with van der Waals surface area (Å²) in [5, 5.41) is 11.4. The summed E-state index contributed by atoms with van der Waals surface area (Å²) in [6, 6.07) is 17.3. The number of benzene rings is 3. The molecule has 168 valence electrons. The van der Waals surface area contributed by atoms with Gasteiger partial charge in [0, 0.05) is 29.7 Å². The van der Waals surface area contributed by atoms with E-state index in [9.17, 15) is 14.3 Å². The second kappa shape index (κ2) is 8.60. The largest absolute Gasteiger partial charge is 0.506 e. The molecule has 2 N–H and O–H groups in total. The molecule has 0 spiro atoms. The molecule has 1 aliphatic heterocycles. The number of morpholine rings is 1. The number of halogens is 1. The number of hydrogen-bond acceptors (Lipinski definition) is 5. The lowest BCUT2D eigenvalue weighted by Gasteiger charge is -2.29. The third-order valence-corrected chi connectivity index (χ3v) is 5.99. The Kier molecular flexibility index (Phi) is 5.48. The molecule has 0 aliphatic carbocycles. The van der Waals surface area contributed by atoms with Gasteiger partial charge in [-0.25, -0.2) is 4.39 Å². The van der Waals surface area contributed by atoms with Crippen LogP contribution in [0.15, 0.2) is 65.5 Å². The third-order valence-electron chi connectivity index (χ3n) is 5.99. The van der Waals surface area contributed by atoms with Gasteiger partial charge in [-0.3, -0.25) is 4.79 Å². The number of H-pyrrole nitrogens is 1. The molecule has 1 saturated heterocycles. The molecule has 0 bridgehead atoms. The van der Waals surface area contributed by atoms with Gasteiger partial charge in [0.1, 0.15) is 17.3 Å². The lowest BCUT2D eigenvalue weighted by Crippen LogP contribution is -2.36. The summed E-state index contributed by atoms with van der Waals surface area (Å²) in [6.07, 6.45) is 0. The van der Waals surface area contributed by atoms with Gasteiger partial charge < -0.3 is 24.5 Å². The molecule has 0 radical (unpaired) electrons. The summed E-state index contributed by atoms with van der Waals surface area (Å²) < 4.78 is 25.6. The molecular weight excluding hydrogens is 423 g/mol. The van der Waals surface area contributed by atoms with Crippen LogP contribution >= 0.6 is 0 Å². The number of anilines is 1. The number of pyridine rings is 1. The molecule has 3 aromatic carbocycles. The SMILES string of the molecule is COc1cccc(-c2c(O)c3cc(-c4ccc(N5CCOCC5)cc4)c(F)cc3[nH]c2=O)c1. The number of methoxy groups -OCH3 is 1. The van der Waals surface area contributed by atoms with E-state index >= 15 is 0 Å². The summed E-state index contributed by atoms with van der Waals surface area (Å²) in [5.74, 6) is -0.120. The fourth-order valence-electron chi connectivity index (χ4n) is 4.24. The molecule has 0 saturated carbocycles. The molecule has 0 amide bonds. The number of aromatic nitrogens is 1. The van der Waals surface area contributed by atoms with Crippen LogP contribution in [-0.2, 0) is 4.74 Å². The first-order valence-electron chi connectivity index (χ1n) is 10.7. The second-order valence-corrected chi connectivity index (χ2v) is 7.93. The van der Waals surface area contributed by atoms with Gasteiger partial charge in [0.2, 0.25) is 0 Å². The summed E-state index contributed by atoms with van der Waals surface area (Å²) in [5.41, 5.74) is 2.42. The van der Waals surface area contributed by atoms with E-state index in [2.05, 4.69) is 9.88 Å². The molecule has 1 aliphatic rings. The normalized spacial score (nSPS) is 13.9. The number of nitrogens with zero attached hydrogens (tertiary/aromatic N) is 1. The van der Waals surface area contributed by atoms with Crippen LogP contribution in [0.1, 0.15) is 0 Å². The van der Waals surface area contributed by atoms with Crippen molar-refractivity contribution in [2.75, 3.05) is 38.3 Å². The van der Waals surface area contributed by atoms with Gasteiger partial charge in [0.25, 0.3) is 5.56 Å². The zero-order chi connectivity index (χ0) is 22.9. The Morgan fingerprint density at radius 3 is 2.52 bits per heavy atom. The predicted octanol–water partition coefficient (Wildman–Crippen LogP) is 4.55. The smallest absolute Gasteiger partial charge is 0.260 e. The quantitative estimate of drug-likeness (QED) is 0.481. The molecule has 2 heterocycles. The van der Waals surface area contributed by atoms with E-state index in [-0.39, 0.29) is 16.8 Å². The average molecular weight is 446 g/mol. The van der Waals surface area contributed by atoms with Crippen LogP contribution in [-0.4, -0.2) is 43.5 Å².